The number of sulfonamides is 1. The molecule has 0 bridgehead atoms. The molecule has 10 nitrogen and oxygen atoms in total. The van der Waals surface area contributed by atoms with Crippen LogP contribution in [0.4, 0.5) is 5.95 Å². The third-order valence-corrected chi connectivity index (χ3v) is 3.69. The fourth-order valence-electron chi connectivity index (χ4n) is 1.35. The Kier molecular flexibility index (Phi) is 4.22. The molecule has 11 heteroatoms. The van der Waals surface area contributed by atoms with Crippen LogP contribution in [0.25, 0.3) is 0 Å². The average molecular weight is 299 g/mol. The smallest absolute Gasteiger partial charge is 0.243 e. The van der Waals surface area contributed by atoms with Crippen LogP contribution in [-0.2, 0) is 16.4 Å². The van der Waals surface area contributed by atoms with Gasteiger partial charge in [0.15, 0.2) is 5.82 Å². The van der Waals surface area contributed by atoms with E-state index in [-0.39, 0.29) is 17.4 Å². The molecule has 108 valence electrons. The lowest BCUT2D eigenvalue weighted by molar-refractivity contribution is 0.387. The molecule has 0 saturated carbocycles. The average Bonchev–Trinajstić information content (AvgIpc) is 2.84. The summed E-state index contributed by atoms with van der Waals surface area (Å²) in [7, 11) is -3.68. The maximum atomic E-state index is 11.9. The first-order chi connectivity index (χ1) is 9.51. The van der Waals surface area contributed by atoms with Gasteiger partial charge in [-0.1, -0.05) is 5.16 Å². The van der Waals surface area contributed by atoms with Gasteiger partial charge in [0.25, 0.3) is 0 Å². The Bertz CT molecular complexity index is 667. The Labute approximate surface area is 114 Å². The summed E-state index contributed by atoms with van der Waals surface area (Å²) in [4.78, 5) is 11.4. The summed E-state index contributed by atoms with van der Waals surface area (Å²) in [6.45, 7) is 1.79. The minimum atomic E-state index is -3.68. The summed E-state index contributed by atoms with van der Waals surface area (Å²) >= 11 is 0. The van der Waals surface area contributed by atoms with Gasteiger partial charge in [-0.15, -0.1) is 0 Å². The Balaban J connectivity index is 1.96. The first-order valence-electron chi connectivity index (χ1n) is 5.59. The molecule has 0 aliphatic carbocycles. The van der Waals surface area contributed by atoms with Crippen molar-refractivity contribution in [3.63, 3.8) is 0 Å². The largest absolute Gasteiger partial charge is 0.340 e. The Morgan fingerprint density at radius 1 is 1.35 bits per heavy atom. The highest BCUT2D eigenvalue weighted by atomic mass is 32.2. The maximum Gasteiger partial charge on any atom is 0.243 e. The van der Waals surface area contributed by atoms with E-state index in [9.17, 15) is 8.42 Å². The van der Waals surface area contributed by atoms with E-state index >= 15 is 0 Å². The third kappa shape index (κ3) is 3.46. The zero-order valence-corrected chi connectivity index (χ0v) is 11.4. The molecule has 2 rings (SSSR count). The Morgan fingerprint density at radius 2 is 2.05 bits per heavy atom. The Morgan fingerprint density at radius 3 is 2.60 bits per heavy atom. The molecular formula is C9H13N7O3S. The van der Waals surface area contributed by atoms with Crippen molar-refractivity contribution in [3.8, 4) is 0 Å². The minimum absolute atomic E-state index is 0.0548. The molecule has 2 aromatic heterocycles. The van der Waals surface area contributed by atoms with E-state index in [1.165, 1.54) is 0 Å². The normalized spacial score (nSPS) is 11.5. The second kappa shape index (κ2) is 5.90. The van der Waals surface area contributed by atoms with Crippen molar-refractivity contribution < 1.29 is 12.9 Å². The molecule has 0 aliphatic heterocycles. The molecule has 0 saturated heterocycles. The van der Waals surface area contributed by atoms with E-state index in [0.29, 0.717) is 18.1 Å². The highest BCUT2D eigenvalue weighted by Gasteiger charge is 2.15. The molecule has 0 radical (unpaired) electrons. The van der Waals surface area contributed by atoms with Crippen molar-refractivity contribution >= 4 is 16.0 Å². The van der Waals surface area contributed by atoms with Gasteiger partial charge in [-0.2, -0.15) is 4.98 Å². The fraction of sp³-hybridized carbons (Fsp3) is 0.333. The lowest BCUT2D eigenvalue weighted by Crippen LogP contribution is -2.26. The van der Waals surface area contributed by atoms with Crippen molar-refractivity contribution in [2.75, 3.05) is 12.0 Å². The molecule has 4 N–H and O–H groups in total. The fourth-order valence-corrected chi connectivity index (χ4v) is 2.27. The molecule has 0 atom stereocenters. The molecule has 2 heterocycles. The van der Waals surface area contributed by atoms with E-state index < -0.39 is 10.0 Å². The van der Waals surface area contributed by atoms with E-state index in [2.05, 4.69) is 30.3 Å². The molecule has 20 heavy (non-hydrogen) atoms. The second-order valence-electron chi connectivity index (χ2n) is 3.76. The monoisotopic (exact) mass is 299 g/mol. The number of nitrogens with one attached hydrogen (secondary N) is 2. The number of aryl methyl sites for hydroxylation is 1. The van der Waals surface area contributed by atoms with Crippen molar-refractivity contribution in [2.45, 2.75) is 18.2 Å². The predicted octanol–water partition coefficient (Wildman–Crippen LogP) is -1.03. The predicted molar refractivity (Wildman–Crippen MR) is 67.8 cm³/mol. The molecule has 2 aromatic rings. The number of hydrogen-bond acceptors (Lipinski definition) is 9. The van der Waals surface area contributed by atoms with Gasteiger partial charge in [-0.05, 0) is 0 Å². The van der Waals surface area contributed by atoms with Crippen molar-refractivity contribution in [2.24, 2.45) is 5.84 Å². The van der Waals surface area contributed by atoms with Gasteiger partial charge in [-0.3, -0.25) is 5.43 Å². The summed E-state index contributed by atoms with van der Waals surface area (Å²) in [5.41, 5.74) is 2.21. The van der Waals surface area contributed by atoms with Crippen LogP contribution in [0.2, 0.25) is 0 Å². The van der Waals surface area contributed by atoms with Crippen molar-refractivity contribution in [1.82, 2.24) is 24.8 Å². The van der Waals surface area contributed by atoms with Gasteiger partial charge in [0.2, 0.25) is 21.9 Å². The van der Waals surface area contributed by atoms with Crippen LogP contribution in [0, 0.1) is 6.92 Å². The maximum absolute atomic E-state index is 11.9. The first kappa shape index (κ1) is 14.3. The van der Waals surface area contributed by atoms with Gasteiger partial charge >= 0.3 is 0 Å². The van der Waals surface area contributed by atoms with Crippen LogP contribution >= 0.6 is 0 Å². The van der Waals surface area contributed by atoms with Crippen molar-refractivity contribution in [1.29, 1.82) is 0 Å². The Hall–Kier alpha value is -2.11. The molecule has 0 unspecified atom stereocenters. The third-order valence-electron chi connectivity index (χ3n) is 2.28. The SMILES string of the molecule is Cc1nc(CCNS(=O)(=O)c2cnc(NN)nc2)no1. The quantitative estimate of drug-likeness (QED) is 0.449. The zero-order valence-electron chi connectivity index (χ0n) is 10.6. The number of hydrogen-bond donors (Lipinski definition) is 3. The number of aromatic nitrogens is 4. The summed E-state index contributed by atoms with van der Waals surface area (Å²) in [6, 6.07) is 0. The van der Waals surface area contributed by atoms with Crippen LogP contribution in [0.15, 0.2) is 21.8 Å². The van der Waals surface area contributed by atoms with Crippen molar-refractivity contribution in [3.05, 3.63) is 24.1 Å². The number of nitrogens with two attached hydrogens (primary N) is 1. The van der Waals surface area contributed by atoms with Gasteiger partial charge in [0.05, 0.1) is 12.4 Å². The summed E-state index contributed by atoms with van der Waals surface area (Å²) < 4.78 is 31.0. The molecule has 0 fully saturated rings. The molecule has 0 amide bonds. The lowest BCUT2D eigenvalue weighted by atomic mass is 10.4. The van der Waals surface area contributed by atoms with Gasteiger partial charge in [0.1, 0.15) is 4.90 Å². The summed E-state index contributed by atoms with van der Waals surface area (Å²) in [5, 5.41) is 3.66. The molecule has 0 aliphatic rings. The molecular weight excluding hydrogens is 286 g/mol. The van der Waals surface area contributed by atoms with Gasteiger partial charge in [0, 0.05) is 19.9 Å². The number of nitrogen functional groups attached to an aromatic ring is 1. The number of rotatable bonds is 6. The summed E-state index contributed by atoms with van der Waals surface area (Å²) in [6.07, 6.45) is 2.63. The number of anilines is 1. The lowest BCUT2D eigenvalue weighted by Gasteiger charge is -2.05. The first-order valence-corrected chi connectivity index (χ1v) is 7.07. The number of nitrogens with zero attached hydrogens (tertiary/aromatic N) is 4. The van der Waals surface area contributed by atoms with Crippen LogP contribution in [-0.4, -0.2) is 35.1 Å². The molecule has 0 spiro atoms. The van der Waals surface area contributed by atoms with E-state index in [1.807, 2.05) is 0 Å². The topological polar surface area (TPSA) is 149 Å². The van der Waals surface area contributed by atoms with Gasteiger partial charge in [-0.25, -0.2) is 29.0 Å². The summed E-state index contributed by atoms with van der Waals surface area (Å²) in [5.74, 6) is 6.09. The van der Waals surface area contributed by atoms with E-state index in [1.54, 1.807) is 6.92 Å². The number of hydrazine groups is 1. The standard InChI is InChI=1S/C9H13N7O3S/c1-6-14-8(16-19-6)2-3-13-20(17,18)7-4-11-9(15-10)12-5-7/h4-5,13H,2-3,10H2,1H3,(H,11,12,15). The second-order valence-corrected chi connectivity index (χ2v) is 5.53. The minimum Gasteiger partial charge on any atom is -0.340 e. The van der Waals surface area contributed by atoms with Crippen LogP contribution < -0.4 is 16.0 Å². The van der Waals surface area contributed by atoms with E-state index in [0.717, 1.165) is 12.4 Å². The van der Waals surface area contributed by atoms with Crippen LogP contribution in [0.3, 0.4) is 0 Å². The molecule has 0 aromatic carbocycles. The highest BCUT2D eigenvalue weighted by Crippen LogP contribution is 2.06. The highest BCUT2D eigenvalue weighted by molar-refractivity contribution is 7.89. The zero-order chi connectivity index (χ0) is 14.6. The van der Waals surface area contributed by atoms with Crippen LogP contribution in [0.1, 0.15) is 11.7 Å². The van der Waals surface area contributed by atoms with Crippen LogP contribution in [0.5, 0.6) is 0 Å². The van der Waals surface area contributed by atoms with Gasteiger partial charge < -0.3 is 4.52 Å². The van der Waals surface area contributed by atoms with E-state index in [4.69, 9.17) is 10.4 Å².